The van der Waals surface area contributed by atoms with E-state index in [1.165, 1.54) is 11.8 Å². The Bertz CT molecular complexity index is 441. The lowest BCUT2D eigenvalue weighted by Crippen LogP contribution is -2.15. The molecule has 1 aliphatic heterocycles. The molecular weight excluding hydrogens is 266 g/mol. The van der Waals surface area contributed by atoms with Gasteiger partial charge in [-0.25, -0.2) is 0 Å². The fraction of sp³-hybridized carbons (Fsp3) is 0.750. The van der Waals surface area contributed by atoms with Gasteiger partial charge in [-0.3, -0.25) is 4.79 Å². The number of aromatic nitrogens is 3. The number of carboxylic acids is 1. The summed E-state index contributed by atoms with van der Waals surface area (Å²) in [5.74, 6) is 0.832. The minimum absolute atomic E-state index is 0.0113. The molecule has 1 fully saturated rings. The van der Waals surface area contributed by atoms with Crippen molar-refractivity contribution in [1.82, 2.24) is 14.8 Å². The van der Waals surface area contributed by atoms with Gasteiger partial charge in [0.2, 0.25) is 0 Å². The number of hydrogen-bond acceptors (Lipinski definition) is 5. The lowest BCUT2D eigenvalue weighted by Gasteiger charge is -2.14. The summed E-state index contributed by atoms with van der Waals surface area (Å²) in [6.45, 7) is 6.51. The number of nitrogens with zero attached hydrogens (tertiary/aromatic N) is 3. The van der Waals surface area contributed by atoms with Crippen molar-refractivity contribution in [1.29, 1.82) is 0 Å². The Morgan fingerprint density at radius 1 is 1.58 bits per heavy atom. The minimum Gasteiger partial charge on any atom is -0.481 e. The Morgan fingerprint density at radius 3 is 2.95 bits per heavy atom. The van der Waals surface area contributed by atoms with Crippen LogP contribution >= 0.6 is 11.8 Å². The van der Waals surface area contributed by atoms with E-state index >= 15 is 0 Å². The molecule has 1 atom stereocenters. The lowest BCUT2D eigenvalue weighted by atomic mass is 10.1. The van der Waals surface area contributed by atoms with E-state index in [-0.39, 0.29) is 11.7 Å². The van der Waals surface area contributed by atoms with Gasteiger partial charge in [0, 0.05) is 25.0 Å². The van der Waals surface area contributed by atoms with Crippen LogP contribution in [0.25, 0.3) is 0 Å². The molecule has 1 aromatic heterocycles. The summed E-state index contributed by atoms with van der Waals surface area (Å²) in [5, 5.41) is 17.8. The Kier molecular flexibility index (Phi) is 4.81. The first-order valence-corrected chi connectivity index (χ1v) is 7.42. The van der Waals surface area contributed by atoms with Crippen molar-refractivity contribution < 1.29 is 14.6 Å². The van der Waals surface area contributed by atoms with Gasteiger partial charge in [-0.2, -0.15) is 0 Å². The van der Waals surface area contributed by atoms with Crippen LogP contribution in [0, 0.1) is 5.92 Å². The maximum Gasteiger partial charge on any atom is 0.313 e. The Labute approximate surface area is 116 Å². The van der Waals surface area contributed by atoms with E-state index in [0.717, 1.165) is 32.0 Å². The zero-order chi connectivity index (χ0) is 13.8. The normalized spacial score (nSPS) is 19.2. The molecule has 7 heteroatoms. The molecule has 19 heavy (non-hydrogen) atoms. The lowest BCUT2D eigenvalue weighted by molar-refractivity contribution is -0.133. The highest BCUT2D eigenvalue weighted by molar-refractivity contribution is 7.99. The van der Waals surface area contributed by atoms with Gasteiger partial charge in [0.05, 0.1) is 12.4 Å². The summed E-state index contributed by atoms with van der Waals surface area (Å²) >= 11 is 1.23. The molecule has 0 aliphatic carbocycles. The topological polar surface area (TPSA) is 77.2 Å². The summed E-state index contributed by atoms with van der Waals surface area (Å²) in [4.78, 5) is 10.7. The standard InChI is InChI=1S/C12H19N3O3S/c1-8(2)11-13-14-12(19-7-10(16)17)15(11)5-9-3-4-18-6-9/h8-9H,3-7H2,1-2H3,(H,16,17). The van der Waals surface area contributed by atoms with Crippen LogP contribution in [-0.2, 0) is 16.1 Å². The molecule has 1 aromatic rings. The quantitative estimate of drug-likeness (QED) is 0.800. The van der Waals surface area contributed by atoms with E-state index in [9.17, 15) is 4.79 Å². The van der Waals surface area contributed by atoms with Crippen molar-refractivity contribution in [3.63, 3.8) is 0 Å². The SMILES string of the molecule is CC(C)c1nnc(SCC(=O)O)n1CC1CCOC1. The maximum atomic E-state index is 10.7. The fourth-order valence-corrected chi connectivity index (χ4v) is 2.79. The van der Waals surface area contributed by atoms with E-state index < -0.39 is 5.97 Å². The van der Waals surface area contributed by atoms with Gasteiger partial charge >= 0.3 is 5.97 Å². The smallest absolute Gasteiger partial charge is 0.313 e. The minimum atomic E-state index is -0.838. The molecule has 0 amide bonds. The van der Waals surface area contributed by atoms with Gasteiger partial charge in [0.15, 0.2) is 5.16 Å². The number of rotatable bonds is 6. The molecule has 2 heterocycles. The Morgan fingerprint density at radius 2 is 2.37 bits per heavy atom. The second-order valence-corrected chi connectivity index (χ2v) is 5.96. The molecular formula is C12H19N3O3S. The predicted molar refractivity (Wildman–Crippen MR) is 71.4 cm³/mol. The average molecular weight is 285 g/mol. The van der Waals surface area contributed by atoms with Crippen LogP contribution in [0.15, 0.2) is 5.16 Å². The average Bonchev–Trinajstić information content (AvgIpc) is 2.96. The Hall–Kier alpha value is -1.08. The van der Waals surface area contributed by atoms with Crippen molar-refractivity contribution >= 4 is 17.7 Å². The molecule has 1 saturated heterocycles. The van der Waals surface area contributed by atoms with Crippen LogP contribution in [0.1, 0.15) is 32.0 Å². The number of carboxylic acid groups (broad SMARTS) is 1. The predicted octanol–water partition coefficient (Wildman–Crippen LogP) is 1.61. The van der Waals surface area contributed by atoms with Crippen LogP contribution in [-0.4, -0.2) is 44.8 Å². The van der Waals surface area contributed by atoms with Crippen molar-refractivity contribution in [2.24, 2.45) is 5.92 Å². The molecule has 1 unspecified atom stereocenters. The van der Waals surface area contributed by atoms with Gasteiger partial charge < -0.3 is 14.4 Å². The van der Waals surface area contributed by atoms with Gasteiger partial charge in [-0.1, -0.05) is 25.6 Å². The van der Waals surface area contributed by atoms with E-state index in [0.29, 0.717) is 11.1 Å². The van der Waals surface area contributed by atoms with Gasteiger partial charge in [-0.15, -0.1) is 10.2 Å². The number of carbonyl (C=O) groups is 1. The summed E-state index contributed by atoms with van der Waals surface area (Å²) in [5.41, 5.74) is 0. The molecule has 0 aromatic carbocycles. The largest absolute Gasteiger partial charge is 0.481 e. The third kappa shape index (κ3) is 3.70. The van der Waals surface area contributed by atoms with E-state index in [1.54, 1.807) is 0 Å². The highest BCUT2D eigenvalue weighted by atomic mass is 32.2. The zero-order valence-electron chi connectivity index (χ0n) is 11.2. The van der Waals surface area contributed by atoms with E-state index in [2.05, 4.69) is 28.6 Å². The first-order chi connectivity index (χ1) is 9.08. The van der Waals surface area contributed by atoms with E-state index in [1.807, 2.05) is 0 Å². The molecule has 106 valence electrons. The first-order valence-electron chi connectivity index (χ1n) is 6.43. The molecule has 1 aliphatic rings. The number of ether oxygens (including phenoxy) is 1. The Balaban J connectivity index is 2.14. The van der Waals surface area contributed by atoms with Crippen molar-refractivity contribution in [3.05, 3.63) is 5.82 Å². The highest BCUT2D eigenvalue weighted by Crippen LogP contribution is 2.24. The summed E-state index contributed by atoms with van der Waals surface area (Å²) in [6, 6.07) is 0. The molecule has 6 nitrogen and oxygen atoms in total. The second-order valence-electron chi connectivity index (χ2n) is 5.02. The number of thioether (sulfide) groups is 1. The third-order valence-corrected chi connectivity index (χ3v) is 4.00. The first kappa shape index (κ1) is 14.3. The monoisotopic (exact) mass is 285 g/mol. The van der Waals surface area contributed by atoms with Gasteiger partial charge in [-0.05, 0) is 6.42 Å². The third-order valence-electron chi connectivity index (χ3n) is 3.05. The van der Waals surface area contributed by atoms with Crippen molar-refractivity contribution in [2.75, 3.05) is 19.0 Å². The van der Waals surface area contributed by atoms with Crippen LogP contribution in [0.5, 0.6) is 0 Å². The van der Waals surface area contributed by atoms with Crippen molar-refractivity contribution in [2.45, 2.75) is 37.9 Å². The summed E-state index contributed by atoms with van der Waals surface area (Å²) in [7, 11) is 0. The van der Waals surface area contributed by atoms with Crippen LogP contribution in [0.2, 0.25) is 0 Å². The maximum absolute atomic E-state index is 10.7. The number of aliphatic carboxylic acids is 1. The molecule has 0 radical (unpaired) electrons. The molecule has 2 rings (SSSR count). The zero-order valence-corrected chi connectivity index (χ0v) is 12.0. The molecule has 1 N–H and O–H groups in total. The summed E-state index contributed by atoms with van der Waals surface area (Å²) in [6.07, 6.45) is 1.04. The van der Waals surface area contributed by atoms with Gasteiger partial charge in [0.1, 0.15) is 5.82 Å². The van der Waals surface area contributed by atoms with Gasteiger partial charge in [0.25, 0.3) is 0 Å². The van der Waals surface area contributed by atoms with Crippen LogP contribution in [0.3, 0.4) is 0 Å². The summed E-state index contributed by atoms with van der Waals surface area (Å²) < 4.78 is 7.44. The molecule has 0 spiro atoms. The van der Waals surface area contributed by atoms with Crippen LogP contribution < -0.4 is 0 Å². The fourth-order valence-electron chi connectivity index (χ4n) is 2.12. The van der Waals surface area contributed by atoms with E-state index in [4.69, 9.17) is 9.84 Å². The highest BCUT2D eigenvalue weighted by Gasteiger charge is 2.22. The molecule has 0 saturated carbocycles. The van der Waals surface area contributed by atoms with Crippen LogP contribution in [0.4, 0.5) is 0 Å². The number of hydrogen-bond donors (Lipinski definition) is 1. The van der Waals surface area contributed by atoms with Crippen molar-refractivity contribution in [3.8, 4) is 0 Å². The molecule has 0 bridgehead atoms. The second kappa shape index (κ2) is 6.38.